The number of hydrogen-bond acceptors (Lipinski definition) is 3. The molecule has 0 spiro atoms. The van der Waals surface area contributed by atoms with Crippen LogP contribution < -0.4 is 32.0 Å². The van der Waals surface area contributed by atoms with Gasteiger partial charge >= 0.3 is 209 Å². The molecular formula is C27H28BIN2O2-. The fourth-order valence-corrected chi connectivity index (χ4v) is 5.81. The average Bonchev–Trinajstić information content (AvgIpc) is 3.23. The first-order chi connectivity index (χ1) is 15.7. The van der Waals surface area contributed by atoms with E-state index in [4.69, 9.17) is 9.65 Å². The van der Waals surface area contributed by atoms with Crippen molar-refractivity contribution in [3.63, 3.8) is 0 Å². The number of amidine groups is 1. The fraction of sp³-hybridized carbons (Fsp3) is 0.259. The van der Waals surface area contributed by atoms with Gasteiger partial charge in [-0.2, -0.15) is 0 Å². The second-order valence-electron chi connectivity index (χ2n) is 9.06. The Hall–Kier alpha value is -2.29. The molecule has 0 bridgehead atoms. The van der Waals surface area contributed by atoms with E-state index in [-0.39, 0.29) is 0 Å². The molecule has 1 heterocycles. The monoisotopic (exact) mass is 550 g/mol. The fourth-order valence-electron chi connectivity index (χ4n) is 3.11. The molecule has 0 aromatic heterocycles. The van der Waals surface area contributed by atoms with Gasteiger partial charge < -0.3 is 0 Å². The first-order valence-corrected chi connectivity index (χ1v) is 13.1. The van der Waals surface area contributed by atoms with Crippen LogP contribution in [0.15, 0.2) is 89.9 Å². The minimum absolute atomic E-state index is 0.425. The van der Waals surface area contributed by atoms with Crippen molar-refractivity contribution in [3.8, 4) is 0 Å². The van der Waals surface area contributed by atoms with Crippen LogP contribution in [0.3, 0.4) is 0 Å². The van der Waals surface area contributed by atoms with E-state index in [1.165, 1.54) is 14.8 Å². The number of halogens is 1. The summed E-state index contributed by atoms with van der Waals surface area (Å²) in [6.45, 7) is 7.75. The summed E-state index contributed by atoms with van der Waals surface area (Å²) in [7, 11) is 1.68. The number of aliphatic imine (C=N–C) groups is 1. The van der Waals surface area contributed by atoms with Crippen LogP contribution in [0.25, 0.3) is 0 Å². The molecule has 6 heteroatoms. The van der Waals surface area contributed by atoms with E-state index in [0.717, 1.165) is 23.4 Å². The van der Waals surface area contributed by atoms with Crippen LogP contribution in [0, 0.1) is 0 Å². The molecule has 0 aliphatic carbocycles. The molecule has 1 radical (unpaired) electrons. The van der Waals surface area contributed by atoms with Gasteiger partial charge in [-0.1, -0.05) is 0 Å². The zero-order valence-electron chi connectivity index (χ0n) is 19.5. The number of benzene rings is 3. The Labute approximate surface area is 207 Å². The van der Waals surface area contributed by atoms with Crippen molar-refractivity contribution in [1.82, 2.24) is 0 Å². The van der Waals surface area contributed by atoms with E-state index in [0.29, 0.717) is 0 Å². The van der Waals surface area contributed by atoms with Gasteiger partial charge in [0.2, 0.25) is 0 Å². The van der Waals surface area contributed by atoms with Crippen LogP contribution in [0.4, 0.5) is 0 Å². The Bertz CT molecular complexity index is 1150. The Morgan fingerprint density at radius 1 is 0.848 bits per heavy atom. The van der Waals surface area contributed by atoms with Crippen LogP contribution in [-0.2, 0) is 11.2 Å². The van der Waals surface area contributed by atoms with Crippen molar-refractivity contribution in [2.24, 2.45) is 4.99 Å². The third-order valence-electron chi connectivity index (χ3n) is 5.90. The van der Waals surface area contributed by atoms with Crippen molar-refractivity contribution >= 4 is 22.5 Å². The molecule has 0 saturated carbocycles. The molecule has 169 valence electrons. The number of hydrogen-bond donors (Lipinski definition) is 0. The van der Waals surface area contributed by atoms with Gasteiger partial charge in [-0.15, -0.1) is 0 Å². The van der Waals surface area contributed by atoms with Crippen molar-refractivity contribution in [3.05, 3.63) is 102 Å². The van der Waals surface area contributed by atoms with Gasteiger partial charge in [-0.3, -0.25) is 0 Å². The van der Waals surface area contributed by atoms with E-state index in [1.807, 2.05) is 38.1 Å². The molecular weight excluding hydrogens is 522 g/mol. The standard InChI is InChI=1S/C27H28BIN2O2/c1-26(2,32)27(3,4)33-28-23-17-15-20(16-18-23)19-31-25(22-13-9-6-10-14-22)30-24(29-31)21-11-7-5-8-12-21/h5-18H,19H2,1-4H3/q-1. The number of nitrogens with zero attached hydrogens (tertiary/aromatic N) is 2. The molecule has 0 unspecified atom stereocenters. The summed E-state index contributed by atoms with van der Waals surface area (Å²) >= 11 is -0.425. The zero-order chi connectivity index (χ0) is 23.5. The SMILES string of the molecule is CC(C)([O-])C(C)(C)O[B]c1ccc(C[N+]2=C(c3ccccc3)N=C(c3ccccc3)[I-]2)cc1. The molecule has 1 aliphatic rings. The Kier molecular flexibility index (Phi) is 7.17. The van der Waals surface area contributed by atoms with Crippen LogP contribution in [0.5, 0.6) is 0 Å². The van der Waals surface area contributed by atoms with Crippen molar-refractivity contribution in [1.29, 1.82) is 0 Å². The quantitative estimate of drug-likeness (QED) is 0.230. The number of rotatable bonds is 8. The molecule has 0 saturated heterocycles. The van der Waals surface area contributed by atoms with Gasteiger partial charge in [0, 0.05) is 0 Å². The second kappa shape index (κ2) is 9.91. The maximum atomic E-state index is 12.3. The minimum atomic E-state index is -1.19. The molecule has 33 heavy (non-hydrogen) atoms. The van der Waals surface area contributed by atoms with Crippen LogP contribution >= 0.6 is 0 Å². The third-order valence-corrected chi connectivity index (χ3v) is 8.60. The first-order valence-electron chi connectivity index (χ1n) is 11.0. The van der Waals surface area contributed by atoms with Gasteiger partial charge in [0.15, 0.2) is 0 Å². The predicted octanol–water partition coefficient (Wildman–Crippen LogP) is 0.289. The molecule has 0 N–H and O–H groups in total. The predicted molar refractivity (Wildman–Crippen MR) is 129 cm³/mol. The van der Waals surface area contributed by atoms with Crippen molar-refractivity contribution in [2.45, 2.75) is 45.4 Å². The summed E-state index contributed by atoms with van der Waals surface area (Å²) in [5, 5.41) is 12.3. The maximum absolute atomic E-state index is 12.3. The molecule has 0 amide bonds. The van der Waals surface area contributed by atoms with E-state index >= 15 is 0 Å². The molecule has 3 aromatic rings. The van der Waals surface area contributed by atoms with E-state index in [9.17, 15) is 5.11 Å². The van der Waals surface area contributed by atoms with Crippen LogP contribution in [0.1, 0.15) is 44.4 Å². The zero-order valence-corrected chi connectivity index (χ0v) is 21.6. The summed E-state index contributed by atoms with van der Waals surface area (Å²) in [5.41, 5.74) is 2.52. The summed E-state index contributed by atoms with van der Waals surface area (Å²) < 4.78 is 9.44. The molecule has 4 rings (SSSR count). The summed E-state index contributed by atoms with van der Waals surface area (Å²) in [4.78, 5) is 5.06. The summed E-state index contributed by atoms with van der Waals surface area (Å²) in [6.07, 6.45) is 0. The normalized spacial score (nSPS) is 14.6. The molecule has 0 atom stereocenters. The Morgan fingerprint density at radius 2 is 1.42 bits per heavy atom. The molecule has 0 fully saturated rings. The summed E-state index contributed by atoms with van der Waals surface area (Å²) in [6, 6.07) is 29.2. The first kappa shape index (κ1) is 23.9. The average molecular weight is 550 g/mol. The van der Waals surface area contributed by atoms with Gasteiger partial charge in [0.25, 0.3) is 0 Å². The molecule has 3 aromatic carbocycles. The van der Waals surface area contributed by atoms with Crippen molar-refractivity contribution < 1.29 is 34.0 Å². The summed E-state index contributed by atoms with van der Waals surface area (Å²) in [5.74, 6) is 1.04. The third kappa shape index (κ3) is 5.80. The van der Waals surface area contributed by atoms with Gasteiger partial charge in [-0.25, -0.2) is 0 Å². The van der Waals surface area contributed by atoms with Gasteiger partial charge in [-0.05, 0) is 0 Å². The Morgan fingerprint density at radius 3 is 2.00 bits per heavy atom. The molecule has 1 aliphatic heterocycles. The van der Waals surface area contributed by atoms with E-state index < -0.39 is 32.7 Å². The van der Waals surface area contributed by atoms with E-state index in [2.05, 4.69) is 63.5 Å². The Balaban J connectivity index is 1.51. The topological polar surface area (TPSA) is 47.7 Å². The van der Waals surface area contributed by atoms with Gasteiger partial charge in [0.05, 0.1) is 0 Å². The van der Waals surface area contributed by atoms with Gasteiger partial charge in [0.1, 0.15) is 0 Å². The second-order valence-corrected chi connectivity index (χ2v) is 11.7. The van der Waals surface area contributed by atoms with Crippen LogP contribution in [0.2, 0.25) is 0 Å². The van der Waals surface area contributed by atoms with Crippen molar-refractivity contribution in [2.75, 3.05) is 0 Å². The molecule has 4 nitrogen and oxygen atoms in total. The van der Waals surface area contributed by atoms with Crippen LogP contribution in [-0.4, -0.2) is 31.0 Å². The van der Waals surface area contributed by atoms with E-state index in [1.54, 1.807) is 21.3 Å².